The Balaban J connectivity index is 1.35. The smallest absolute Gasteiger partial charge is 0.410 e. The Bertz CT molecular complexity index is 905. The van der Waals surface area contributed by atoms with Crippen molar-refractivity contribution < 1.29 is 28.7 Å². The Hall–Kier alpha value is -3.14. The maximum atomic E-state index is 12.3. The number of carbonyl (C=O) groups is 4. The Morgan fingerprint density at radius 1 is 1.06 bits per heavy atom. The van der Waals surface area contributed by atoms with Crippen molar-refractivity contribution in [1.29, 1.82) is 0 Å². The predicted octanol–water partition coefficient (Wildman–Crippen LogP) is 2.41. The molecule has 0 aromatic heterocycles. The van der Waals surface area contributed by atoms with Crippen LogP contribution in [0.3, 0.4) is 0 Å². The fraction of sp³-hybridized carbons (Fsp3) is 0.583. The highest BCUT2D eigenvalue weighted by molar-refractivity contribution is 6.05. The molecular weight excluding hydrogens is 440 g/mol. The molecule has 0 atom stereocenters. The fourth-order valence-electron chi connectivity index (χ4n) is 3.77. The molecule has 2 heterocycles. The highest BCUT2D eigenvalue weighted by Crippen LogP contribution is 2.23. The Morgan fingerprint density at radius 2 is 1.79 bits per heavy atom. The first kappa shape index (κ1) is 25.5. The molecule has 1 aromatic carbocycles. The third-order valence-corrected chi connectivity index (χ3v) is 5.54. The average Bonchev–Trinajstić information content (AvgIpc) is 2.77. The van der Waals surface area contributed by atoms with Crippen LogP contribution in [0.4, 0.5) is 15.3 Å². The van der Waals surface area contributed by atoms with E-state index in [1.165, 1.54) is 4.90 Å². The third-order valence-electron chi connectivity index (χ3n) is 5.54. The number of benzene rings is 1. The molecule has 2 aliphatic heterocycles. The van der Waals surface area contributed by atoms with Crippen LogP contribution in [-0.2, 0) is 14.3 Å². The summed E-state index contributed by atoms with van der Waals surface area (Å²) in [5, 5.41) is 2.29. The summed E-state index contributed by atoms with van der Waals surface area (Å²) in [6, 6.07) is 6.46. The zero-order valence-electron chi connectivity index (χ0n) is 20.2. The van der Waals surface area contributed by atoms with Crippen LogP contribution in [-0.4, -0.2) is 85.1 Å². The van der Waals surface area contributed by atoms with Gasteiger partial charge in [-0.15, -0.1) is 0 Å². The summed E-state index contributed by atoms with van der Waals surface area (Å²) in [6.45, 7) is 9.36. The van der Waals surface area contributed by atoms with E-state index in [0.29, 0.717) is 37.5 Å². The molecular formula is C24H34N4O6. The first-order valence-corrected chi connectivity index (χ1v) is 11.7. The van der Waals surface area contributed by atoms with E-state index in [9.17, 15) is 19.2 Å². The SMILES string of the molecule is CC(C)(C)OC(=O)N1CCN(CCCC(=O)COc2cccc(N3CCC(=O)NC3=O)c2)CC1. The molecule has 1 aromatic rings. The molecule has 2 saturated heterocycles. The van der Waals surface area contributed by atoms with Crippen molar-refractivity contribution in [3.8, 4) is 5.75 Å². The number of imide groups is 1. The molecule has 10 heteroatoms. The van der Waals surface area contributed by atoms with Crippen LogP contribution in [0.15, 0.2) is 24.3 Å². The number of hydrogen-bond acceptors (Lipinski definition) is 7. The zero-order valence-corrected chi connectivity index (χ0v) is 20.2. The number of piperazine rings is 1. The van der Waals surface area contributed by atoms with Gasteiger partial charge in [-0.3, -0.25) is 24.7 Å². The van der Waals surface area contributed by atoms with Gasteiger partial charge in [0, 0.05) is 57.3 Å². The van der Waals surface area contributed by atoms with Crippen LogP contribution < -0.4 is 15.0 Å². The molecule has 3 rings (SSSR count). The van der Waals surface area contributed by atoms with Gasteiger partial charge in [-0.05, 0) is 45.9 Å². The number of nitrogens with zero attached hydrogens (tertiary/aromatic N) is 3. The maximum absolute atomic E-state index is 12.3. The van der Waals surface area contributed by atoms with Crippen LogP contribution >= 0.6 is 0 Å². The molecule has 0 saturated carbocycles. The molecule has 10 nitrogen and oxygen atoms in total. The highest BCUT2D eigenvalue weighted by atomic mass is 16.6. The minimum absolute atomic E-state index is 0.000828. The second kappa shape index (κ2) is 11.3. The standard InChI is InChI=1S/C24H34N4O6/c1-24(2,3)34-23(32)27-14-12-26(13-15-27)10-5-7-19(29)17-33-20-8-4-6-18(16-20)28-11-9-21(30)25-22(28)31/h4,6,8,16H,5,7,9-15,17H2,1-3H3,(H,25,30,31). The minimum Gasteiger partial charge on any atom is -0.486 e. The fourth-order valence-corrected chi connectivity index (χ4v) is 3.77. The van der Waals surface area contributed by atoms with Crippen LogP contribution in [0.25, 0.3) is 0 Å². The number of nitrogens with one attached hydrogen (secondary N) is 1. The van der Waals surface area contributed by atoms with Crippen molar-refractivity contribution in [1.82, 2.24) is 15.1 Å². The number of carbonyl (C=O) groups excluding carboxylic acids is 4. The zero-order chi connectivity index (χ0) is 24.7. The van der Waals surface area contributed by atoms with Gasteiger partial charge in [0.2, 0.25) is 5.91 Å². The molecule has 4 amide bonds. The van der Waals surface area contributed by atoms with Crippen LogP contribution in [0.5, 0.6) is 5.75 Å². The molecule has 34 heavy (non-hydrogen) atoms. The van der Waals surface area contributed by atoms with Crippen molar-refractivity contribution in [3.63, 3.8) is 0 Å². The summed E-state index contributed by atoms with van der Waals surface area (Å²) in [6.07, 6.45) is 1.09. The Morgan fingerprint density at radius 3 is 2.47 bits per heavy atom. The van der Waals surface area contributed by atoms with E-state index in [-0.39, 0.29) is 30.8 Å². The molecule has 186 valence electrons. The largest absolute Gasteiger partial charge is 0.486 e. The molecule has 1 N–H and O–H groups in total. The summed E-state index contributed by atoms with van der Waals surface area (Å²) >= 11 is 0. The topological polar surface area (TPSA) is 108 Å². The summed E-state index contributed by atoms with van der Waals surface area (Å²) < 4.78 is 11.0. The molecule has 0 radical (unpaired) electrons. The predicted molar refractivity (Wildman–Crippen MR) is 126 cm³/mol. The van der Waals surface area contributed by atoms with Gasteiger partial charge >= 0.3 is 12.1 Å². The number of ketones is 1. The lowest BCUT2D eigenvalue weighted by molar-refractivity contribution is -0.121. The minimum atomic E-state index is -0.499. The monoisotopic (exact) mass is 474 g/mol. The summed E-state index contributed by atoms with van der Waals surface area (Å²) in [5.41, 5.74) is 0.112. The number of rotatable bonds is 8. The molecule has 2 aliphatic rings. The molecule has 0 bridgehead atoms. The first-order chi connectivity index (χ1) is 16.1. The molecule has 0 unspecified atom stereocenters. The summed E-state index contributed by atoms with van der Waals surface area (Å²) in [4.78, 5) is 53.2. The lowest BCUT2D eigenvalue weighted by atomic mass is 10.2. The van der Waals surface area contributed by atoms with Gasteiger partial charge in [0.25, 0.3) is 0 Å². The van der Waals surface area contributed by atoms with Crippen LogP contribution in [0, 0.1) is 0 Å². The number of hydrogen-bond donors (Lipinski definition) is 1. The number of anilines is 1. The van der Waals surface area contributed by atoms with E-state index in [1.807, 2.05) is 20.8 Å². The van der Waals surface area contributed by atoms with E-state index in [0.717, 1.165) is 26.1 Å². The van der Waals surface area contributed by atoms with Gasteiger partial charge in [0.15, 0.2) is 5.78 Å². The van der Waals surface area contributed by atoms with E-state index < -0.39 is 11.6 Å². The number of ether oxygens (including phenoxy) is 2. The van der Waals surface area contributed by atoms with Crippen molar-refractivity contribution in [3.05, 3.63) is 24.3 Å². The van der Waals surface area contributed by atoms with Gasteiger partial charge in [0.05, 0.1) is 0 Å². The lowest BCUT2D eigenvalue weighted by Crippen LogP contribution is -2.50. The number of urea groups is 1. The van der Waals surface area contributed by atoms with Gasteiger partial charge in [-0.2, -0.15) is 0 Å². The molecule has 2 fully saturated rings. The van der Waals surface area contributed by atoms with Gasteiger partial charge in [-0.1, -0.05) is 6.07 Å². The lowest BCUT2D eigenvalue weighted by Gasteiger charge is -2.35. The second-order valence-corrected chi connectivity index (χ2v) is 9.49. The van der Waals surface area contributed by atoms with Crippen LogP contribution in [0.1, 0.15) is 40.0 Å². The van der Waals surface area contributed by atoms with E-state index in [1.54, 1.807) is 29.2 Å². The normalized spacial score (nSPS) is 17.4. The van der Waals surface area contributed by atoms with Gasteiger partial charge in [0.1, 0.15) is 18.0 Å². The maximum Gasteiger partial charge on any atom is 0.410 e. The Kier molecular flexibility index (Phi) is 8.49. The quantitative estimate of drug-likeness (QED) is 0.616. The average molecular weight is 475 g/mol. The first-order valence-electron chi connectivity index (χ1n) is 11.7. The van der Waals surface area contributed by atoms with Crippen molar-refractivity contribution in [2.45, 2.75) is 45.6 Å². The highest BCUT2D eigenvalue weighted by Gasteiger charge is 2.26. The van der Waals surface area contributed by atoms with Gasteiger partial charge < -0.3 is 14.4 Å². The number of Topliss-reactive ketones (excluding diaryl/α,β-unsaturated/α-hetero) is 1. The van der Waals surface area contributed by atoms with Crippen molar-refractivity contribution >= 4 is 29.5 Å². The van der Waals surface area contributed by atoms with E-state index in [2.05, 4.69) is 10.2 Å². The summed E-state index contributed by atoms with van der Waals surface area (Å²) in [7, 11) is 0. The van der Waals surface area contributed by atoms with E-state index >= 15 is 0 Å². The molecule has 0 spiro atoms. The summed E-state index contributed by atoms with van der Waals surface area (Å²) in [5.74, 6) is 0.206. The third kappa shape index (κ3) is 7.72. The Labute approximate surface area is 200 Å². The molecule has 0 aliphatic carbocycles. The van der Waals surface area contributed by atoms with Crippen LogP contribution in [0.2, 0.25) is 0 Å². The van der Waals surface area contributed by atoms with Crippen molar-refractivity contribution in [2.24, 2.45) is 0 Å². The van der Waals surface area contributed by atoms with E-state index in [4.69, 9.17) is 9.47 Å². The second-order valence-electron chi connectivity index (χ2n) is 9.49. The number of amides is 4. The van der Waals surface area contributed by atoms with Crippen molar-refractivity contribution in [2.75, 3.05) is 50.8 Å². The van der Waals surface area contributed by atoms with Gasteiger partial charge in [-0.25, -0.2) is 9.59 Å².